The number of carbonyl (C=O) groups is 4. The molecule has 198 valence electrons. The number of hydrogen-bond acceptors (Lipinski definition) is 6. The Balaban J connectivity index is 2.02. The van der Waals surface area contributed by atoms with Crippen LogP contribution in [-0.4, -0.2) is 54.6 Å². The van der Waals surface area contributed by atoms with Crippen LogP contribution in [0, 0.1) is 0 Å². The van der Waals surface area contributed by atoms with E-state index in [1.165, 1.54) is 30.3 Å². The quantitative estimate of drug-likeness (QED) is 0.223. The van der Waals surface area contributed by atoms with Gasteiger partial charge in [-0.15, -0.1) is 0 Å². The standard InChI is InChI=1S/C24H27Cl2N5O6/c1-3-27-23(31-24(36)37-4-2)29-18-7-5-6-14(10-18)22(35)28-13-20(32)30-19(12-21(33)34)15-8-16(25)11-17(26)9-15/h5-11,19H,3-4,12-13H2,1-2H3,(H,28,35)(H,30,32)(H,33,34)(H2,27,29,31,36). The number of alkyl carbamates (subject to hydrolysis) is 1. The molecule has 13 heteroatoms. The number of aliphatic imine (C=N–C) groups is 1. The van der Waals surface area contributed by atoms with E-state index in [-0.39, 0.29) is 18.1 Å². The highest BCUT2D eigenvalue weighted by Gasteiger charge is 2.20. The molecule has 0 heterocycles. The van der Waals surface area contributed by atoms with Gasteiger partial charge in [0.05, 0.1) is 25.6 Å². The lowest BCUT2D eigenvalue weighted by atomic mass is 10.0. The first-order valence-corrected chi connectivity index (χ1v) is 12.0. The van der Waals surface area contributed by atoms with Crippen LogP contribution < -0.4 is 21.3 Å². The molecular formula is C24H27Cl2N5O6. The summed E-state index contributed by atoms with van der Waals surface area (Å²) in [5.41, 5.74) is 1.10. The average molecular weight is 552 g/mol. The van der Waals surface area contributed by atoms with Gasteiger partial charge in [0.2, 0.25) is 11.9 Å². The Morgan fingerprint density at radius 1 is 1.05 bits per heavy atom. The third-order valence-electron chi connectivity index (χ3n) is 4.61. The van der Waals surface area contributed by atoms with Crippen LogP contribution in [0.25, 0.3) is 0 Å². The summed E-state index contributed by atoms with van der Waals surface area (Å²) in [6.07, 6.45) is -1.09. The number of hydrogen-bond donors (Lipinski definition) is 5. The van der Waals surface area contributed by atoms with E-state index in [0.29, 0.717) is 27.8 Å². The van der Waals surface area contributed by atoms with Crippen molar-refractivity contribution in [2.24, 2.45) is 4.99 Å². The van der Waals surface area contributed by atoms with Crippen LogP contribution >= 0.6 is 23.2 Å². The van der Waals surface area contributed by atoms with Crippen molar-refractivity contribution >= 4 is 58.7 Å². The second-order valence-corrected chi connectivity index (χ2v) is 8.35. The van der Waals surface area contributed by atoms with Crippen molar-refractivity contribution in [1.29, 1.82) is 0 Å². The predicted octanol–water partition coefficient (Wildman–Crippen LogP) is 3.59. The maximum absolute atomic E-state index is 12.6. The van der Waals surface area contributed by atoms with Crippen LogP contribution in [-0.2, 0) is 14.3 Å². The van der Waals surface area contributed by atoms with E-state index in [1.807, 2.05) is 0 Å². The molecular weight excluding hydrogens is 525 g/mol. The normalized spacial score (nSPS) is 11.7. The molecule has 1 unspecified atom stereocenters. The van der Waals surface area contributed by atoms with E-state index in [4.69, 9.17) is 27.9 Å². The highest BCUT2D eigenvalue weighted by atomic mass is 35.5. The van der Waals surface area contributed by atoms with Gasteiger partial charge in [-0.05, 0) is 55.8 Å². The number of carboxylic acids is 1. The first-order chi connectivity index (χ1) is 17.6. The first kappa shape index (κ1) is 29.4. The Hall–Kier alpha value is -3.83. The molecule has 37 heavy (non-hydrogen) atoms. The number of halogens is 2. The fourth-order valence-corrected chi connectivity index (χ4v) is 3.66. The third-order valence-corrected chi connectivity index (χ3v) is 5.05. The first-order valence-electron chi connectivity index (χ1n) is 11.2. The number of carboxylic acid groups (broad SMARTS) is 1. The zero-order valence-corrected chi connectivity index (χ0v) is 21.7. The molecule has 2 aromatic rings. The molecule has 0 saturated heterocycles. The Morgan fingerprint density at radius 2 is 1.76 bits per heavy atom. The Bertz CT molecular complexity index is 1150. The number of rotatable bonds is 10. The molecule has 0 aromatic heterocycles. The molecule has 11 nitrogen and oxygen atoms in total. The summed E-state index contributed by atoms with van der Waals surface area (Å²) in [6, 6.07) is 9.90. The van der Waals surface area contributed by atoms with Gasteiger partial charge in [0.25, 0.3) is 5.91 Å². The van der Waals surface area contributed by atoms with Gasteiger partial charge in [0.1, 0.15) is 0 Å². The Kier molecular flexibility index (Phi) is 11.7. The van der Waals surface area contributed by atoms with Gasteiger partial charge < -0.3 is 25.8 Å². The van der Waals surface area contributed by atoms with Gasteiger partial charge in [-0.3, -0.25) is 24.7 Å². The summed E-state index contributed by atoms with van der Waals surface area (Å²) in [5.74, 6) is -2.16. The molecule has 0 spiro atoms. The highest BCUT2D eigenvalue weighted by molar-refractivity contribution is 6.34. The minimum Gasteiger partial charge on any atom is -0.481 e. The fourth-order valence-electron chi connectivity index (χ4n) is 3.12. The number of amides is 3. The fraction of sp³-hybridized carbons (Fsp3) is 0.292. The lowest BCUT2D eigenvalue weighted by Crippen LogP contribution is -2.39. The lowest BCUT2D eigenvalue weighted by molar-refractivity contribution is -0.137. The molecule has 0 fully saturated rings. The minimum absolute atomic E-state index is 0.142. The van der Waals surface area contributed by atoms with Crippen LogP contribution in [0.2, 0.25) is 10.0 Å². The molecule has 0 aliphatic rings. The topological polar surface area (TPSA) is 158 Å². The Morgan fingerprint density at radius 3 is 2.38 bits per heavy atom. The molecule has 0 aliphatic carbocycles. The van der Waals surface area contributed by atoms with E-state index in [2.05, 4.69) is 26.3 Å². The van der Waals surface area contributed by atoms with Crippen LogP contribution in [0.1, 0.15) is 42.2 Å². The SMILES string of the molecule is CCN=C(NC(=O)OCC)Nc1cccc(C(=O)NCC(=O)NC(CC(=O)O)c2cc(Cl)cc(Cl)c2)c1. The second kappa shape index (κ2) is 14.7. The largest absolute Gasteiger partial charge is 0.481 e. The molecule has 0 bridgehead atoms. The van der Waals surface area contributed by atoms with Gasteiger partial charge in [0, 0.05) is 27.8 Å². The third kappa shape index (κ3) is 10.4. The molecule has 0 radical (unpaired) electrons. The number of benzene rings is 2. The summed E-state index contributed by atoms with van der Waals surface area (Å²) in [6.45, 7) is 3.62. The van der Waals surface area contributed by atoms with Gasteiger partial charge in [-0.2, -0.15) is 0 Å². The van der Waals surface area contributed by atoms with E-state index in [9.17, 15) is 24.3 Å². The molecule has 2 aromatic carbocycles. The van der Waals surface area contributed by atoms with E-state index >= 15 is 0 Å². The van der Waals surface area contributed by atoms with Crippen molar-refractivity contribution in [3.63, 3.8) is 0 Å². The molecule has 0 saturated carbocycles. The zero-order valence-electron chi connectivity index (χ0n) is 20.1. The second-order valence-electron chi connectivity index (χ2n) is 7.48. The molecule has 1 atom stereocenters. The summed E-state index contributed by atoms with van der Waals surface area (Å²) in [4.78, 5) is 52.3. The van der Waals surface area contributed by atoms with Crippen LogP contribution in [0.4, 0.5) is 10.5 Å². The molecule has 3 amide bonds. The van der Waals surface area contributed by atoms with Crippen molar-refractivity contribution in [1.82, 2.24) is 16.0 Å². The smallest absolute Gasteiger partial charge is 0.413 e. The number of nitrogens with zero attached hydrogens (tertiary/aromatic N) is 1. The van der Waals surface area contributed by atoms with E-state index < -0.39 is 42.9 Å². The van der Waals surface area contributed by atoms with E-state index in [1.54, 1.807) is 26.0 Å². The number of aliphatic carboxylic acids is 1. The van der Waals surface area contributed by atoms with Crippen molar-refractivity contribution in [3.8, 4) is 0 Å². The van der Waals surface area contributed by atoms with Crippen LogP contribution in [0.5, 0.6) is 0 Å². The number of ether oxygens (including phenoxy) is 1. The minimum atomic E-state index is -1.14. The maximum Gasteiger partial charge on any atom is 0.413 e. The molecule has 2 rings (SSSR count). The van der Waals surface area contributed by atoms with Crippen LogP contribution in [0.3, 0.4) is 0 Å². The maximum atomic E-state index is 12.6. The van der Waals surface area contributed by atoms with Gasteiger partial charge in [-0.1, -0.05) is 29.3 Å². The summed E-state index contributed by atoms with van der Waals surface area (Å²) in [7, 11) is 0. The number of guanidine groups is 1. The molecule has 5 N–H and O–H groups in total. The average Bonchev–Trinajstić information content (AvgIpc) is 2.81. The van der Waals surface area contributed by atoms with Gasteiger partial charge in [0.15, 0.2) is 0 Å². The highest BCUT2D eigenvalue weighted by Crippen LogP contribution is 2.25. The summed E-state index contributed by atoms with van der Waals surface area (Å²) in [5, 5.41) is 20.2. The van der Waals surface area contributed by atoms with E-state index in [0.717, 1.165) is 0 Å². The van der Waals surface area contributed by atoms with Crippen LogP contribution in [0.15, 0.2) is 47.5 Å². The van der Waals surface area contributed by atoms with Crippen molar-refractivity contribution in [2.75, 3.05) is 25.0 Å². The number of carbonyl (C=O) groups excluding carboxylic acids is 3. The number of anilines is 1. The van der Waals surface area contributed by atoms with Gasteiger partial charge in [-0.25, -0.2) is 4.79 Å². The van der Waals surface area contributed by atoms with Gasteiger partial charge >= 0.3 is 12.1 Å². The zero-order chi connectivity index (χ0) is 27.4. The lowest BCUT2D eigenvalue weighted by Gasteiger charge is -2.18. The van der Waals surface area contributed by atoms with Crippen molar-refractivity contribution < 1.29 is 29.0 Å². The molecule has 0 aliphatic heterocycles. The predicted molar refractivity (Wildman–Crippen MR) is 140 cm³/mol. The Labute approximate surface area is 223 Å². The van der Waals surface area contributed by atoms with Crippen molar-refractivity contribution in [3.05, 3.63) is 63.6 Å². The summed E-state index contributed by atoms with van der Waals surface area (Å²) < 4.78 is 4.84. The van der Waals surface area contributed by atoms with Crippen molar-refractivity contribution in [2.45, 2.75) is 26.3 Å². The monoisotopic (exact) mass is 551 g/mol. The number of nitrogens with one attached hydrogen (secondary N) is 4. The summed E-state index contributed by atoms with van der Waals surface area (Å²) >= 11 is 12.0.